The molecule has 2 aromatic carbocycles. The summed E-state index contributed by atoms with van der Waals surface area (Å²) >= 11 is 0. The third-order valence-electron chi connectivity index (χ3n) is 5.89. The number of amides is 2. The Balaban J connectivity index is 1.72. The molecule has 3 rings (SSSR count). The van der Waals surface area contributed by atoms with Crippen LogP contribution in [0.3, 0.4) is 0 Å². The number of rotatable bonds is 7. The number of hydrogen-bond acceptors (Lipinski definition) is 4. The number of anilines is 1. The molecule has 2 amide bonds. The minimum absolute atomic E-state index is 0.123. The van der Waals surface area contributed by atoms with E-state index < -0.39 is 10.0 Å². The molecule has 0 bridgehead atoms. The van der Waals surface area contributed by atoms with Crippen LogP contribution < -0.4 is 4.72 Å². The normalized spacial score (nSPS) is 14.5. The van der Waals surface area contributed by atoms with Gasteiger partial charge in [-0.3, -0.25) is 14.3 Å². The predicted octanol–water partition coefficient (Wildman–Crippen LogP) is 3.82. The molecule has 33 heavy (non-hydrogen) atoms. The first kappa shape index (κ1) is 24.8. The highest BCUT2D eigenvalue weighted by molar-refractivity contribution is 7.92. The van der Waals surface area contributed by atoms with Gasteiger partial charge in [0.05, 0.1) is 16.1 Å². The fourth-order valence-corrected chi connectivity index (χ4v) is 5.27. The van der Waals surface area contributed by atoms with E-state index in [0.717, 1.165) is 12.0 Å². The highest BCUT2D eigenvalue weighted by Gasteiger charge is 2.27. The maximum Gasteiger partial charge on any atom is 0.262 e. The van der Waals surface area contributed by atoms with Crippen molar-refractivity contribution in [3.63, 3.8) is 0 Å². The van der Waals surface area contributed by atoms with Crippen molar-refractivity contribution >= 4 is 27.5 Å². The van der Waals surface area contributed by atoms with E-state index in [1.54, 1.807) is 53.1 Å². The Hall–Kier alpha value is -2.87. The molecule has 178 valence electrons. The van der Waals surface area contributed by atoms with Crippen LogP contribution in [0.4, 0.5) is 5.69 Å². The minimum atomic E-state index is -3.86. The lowest BCUT2D eigenvalue weighted by Crippen LogP contribution is -2.50. The third kappa shape index (κ3) is 6.13. The molecule has 0 aromatic heterocycles. The van der Waals surface area contributed by atoms with Crippen molar-refractivity contribution in [2.45, 2.75) is 45.4 Å². The van der Waals surface area contributed by atoms with Gasteiger partial charge >= 0.3 is 0 Å². The summed E-state index contributed by atoms with van der Waals surface area (Å²) in [4.78, 5) is 29.3. The van der Waals surface area contributed by atoms with E-state index in [-0.39, 0.29) is 22.4 Å². The Morgan fingerprint density at radius 1 is 0.970 bits per heavy atom. The molecule has 0 unspecified atom stereocenters. The lowest BCUT2D eigenvalue weighted by molar-refractivity contribution is -0.132. The molecule has 1 aliphatic heterocycles. The van der Waals surface area contributed by atoms with Crippen LogP contribution in [0.2, 0.25) is 0 Å². The summed E-state index contributed by atoms with van der Waals surface area (Å²) < 4.78 is 28.8. The summed E-state index contributed by atoms with van der Waals surface area (Å²) in [5.74, 6) is 0.349. The van der Waals surface area contributed by atoms with Gasteiger partial charge in [0.15, 0.2) is 0 Å². The lowest BCUT2D eigenvalue weighted by Gasteiger charge is -2.35. The number of para-hydroxylation sites is 1. The maximum atomic E-state index is 13.2. The first-order valence-corrected chi connectivity index (χ1v) is 12.8. The van der Waals surface area contributed by atoms with Gasteiger partial charge < -0.3 is 9.80 Å². The van der Waals surface area contributed by atoms with Gasteiger partial charge in [-0.25, -0.2) is 8.42 Å². The zero-order valence-corrected chi connectivity index (χ0v) is 20.6. The highest BCUT2D eigenvalue weighted by atomic mass is 32.2. The minimum Gasteiger partial charge on any atom is -0.339 e. The van der Waals surface area contributed by atoms with E-state index in [0.29, 0.717) is 49.6 Å². The van der Waals surface area contributed by atoms with E-state index in [9.17, 15) is 18.0 Å². The molecule has 1 heterocycles. The number of nitrogens with one attached hydrogen (secondary N) is 1. The number of aryl methyl sites for hydroxylation is 2. The van der Waals surface area contributed by atoms with Crippen LogP contribution in [0, 0.1) is 19.8 Å². The number of hydrogen-bond donors (Lipinski definition) is 1. The van der Waals surface area contributed by atoms with Gasteiger partial charge in [0, 0.05) is 32.6 Å². The molecular weight excluding hydrogens is 438 g/mol. The molecule has 1 aliphatic rings. The Morgan fingerprint density at radius 3 is 2.27 bits per heavy atom. The molecule has 0 aliphatic carbocycles. The lowest BCUT2D eigenvalue weighted by atomic mass is 10.1. The Bertz CT molecular complexity index is 1120. The number of carbonyl (C=O) groups is 2. The summed E-state index contributed by atoms with van der Waals surface area (Å²) in [5.41, 5.74) is 2.02. The molecule has 0 radical (unpaired) electrons. The van der Waals surface area contributed by atoms with Crippen molar-refractivity contribution in [3.8, 4) is 0 Å². The summed E-state index contributed by atoms with van der Waals surface area (Å²) in [7, 11) is -3.86. The molecular formula is C25H33N3O4S. The van der Waals surface area contributed by atoms with E-state index in [2.05, 4.69) is 18.6 Å². The summed E-state index contributed by atoms with van der Waals surface area (Å²) in [6, 6.07) is 11.9. The zero-order chi connectivity index (χ0) is 24.2. The van der Waals surface area contributed by atoms with Crippen LogP contribution in [0.15, 0.2) is 47.4 Å². The molecule has 0 spiro atoms. The quantitative estimate of drug-likeness (QED) is 0.665. The largest absolute Gasteiger partial charge is 0.339 e. The van der Waals surface area contributed by atoms with Gasteiger partial charge in [-0.05, 0) is 55.5 Å². The maximum absolute atomic E-state index is 13.2. The summed E-state index contributed by atoms with van der Waals surface area (Å²) in [5, 5.41) is 0. The molecule has 2 aromatic rings. The van der Waals surface area contributed by atoms with E-state index in [1.807, 2.05) is 13.0 Å². The smallest absolute Gasteiger partial charge is 0.262 e. The molecule has 7 nitrogen and oxygen atoms in total. The van der Waals surface area contributed by atoms with E-state index in [4.69, 9.17) is 0 Å². The van der Waals surface area contributed by atoms with Crippen LogP contribution in [0.1, 0.15) is 48.2 Å². The Labute approximate surface area is 196 Å². The fourth-order valence-electron chi connectivity index (χ4n) is 3.85. The van der Waals surface area contributed by atoms with E-state index >= 15 is 0 Å². The van der Waals surface area contributed by atoms with Gasteiger partial charge in [0.25, 0.3) is 15.9 Å². The summed E-state index contributed by atoms with van der Waals surface area (Å²) in [6.45, 7) is 9.58. The van der Waals surface area contributed by atoms with E-state index in [1.165, 1.54) is 0 Å². The number of nitrogens with zero attached hydrogens (tertiary/aromatic N) is 2. The van der Waals surface area contributed by atoms with Crippen LogP contribution in [-0.2, 0) is 14.8 Å². The van der Waals surface area contributed by atoms with Crippen molar-refractivity contribution in [2.24, 2.45) is 5.92 Å². The third-order valence-corrected chi connectivity index (χ3v) is 7.40. The standard InChI is InChI=1S/C25H33N3O4S/c1-18(2)9-12-24(29)27-13-15-28(16-14-27)25(30)21-7-5-6-8-22(21)26-33(31,32)23-17-19(3)10-11-20(23)4/h5-8,10-11,17-18,26H,9,12-16H2,1-4H3. The number of sulfonamides is 1. The molecule has 1 fully saturated rings. The van der Waals surface area contributed by atoms with Crippen molar-refractivity contribution in [2.75, 3.05) is 30.9 Å². The first-order valence-electron chi connectivity index (χ1n) is 11.3. The number of benzene rings is 2. The molecule has 1 saturated heterocycles. The van der Waals surface area contributed by atoms with Crippen LogP contribution in [-0.4, -0.2) is 56.2 Å². The van der Waals surface area contributed by atoms with Crippen molar-refractivity contribution in [1.29, 1.82) is 0 Å². The average molecular weight is 472 g/mol. The molecule has 0 atom stereocenters. The highest BCUT2D eigenvalue weighted by Crippen LogP contribution is 2.24. The van der Waals surface area contributed by atoms with Crippen molar-refractivity contribution in [1.82, 2.24) is 9.80 Å². The second-order valence-electron chi connectivity index (χ2n) is 9.03. The second-order valence-corrected chi connectivity index (χ2v) is 10.7. The molecule has 8 heteroatoms. The van der Waals surface area contributed by atoms with Gasteiger partial charge in [0.1, 0.15) is 0 Å². The average Bonchev–Trinajstić information content (AvgIpc) is 2.78. The van der Waals surface area contributed by atoms with Crippen LogP contribution in [0.5, 0.6) is 0 Å². The second kappa shape index (κ2) is 10.4. The number of carbonyl (C=O) groups excluding carboxylic acids is 2. The Kier molecular flexibility index (Phi) is 7.79. The number of piperazine rings is 1. The van der Waals surface area contributed by atoms with Crippen LogP contribution >= 0.6 is 0 Å². The van der Waals surface area contributed by atoms with Crippen molar-refractivity contribution in [3.05, 3.63) is 59.2 Å². The fraction of sp³-hybridized carbons (Fsp3) is 0.440. The first-order chi connectivity index (χ1) is 15.6. The topological polar surface area (TPSA) is 86.8 Å². The monoisotopic (exact) mass is 471 g/mol. The van der Waals surface area contributed by atoms with Crippen molar-refractivity contribution < 1.29 is 18.0 Å². The Morgan fingerprint density at radius 2 is 1.61 bits per heavy atom. The van der Waals surface area contributed by atoms with Crippen LogP contribution in [0.25, 0.3) is 0 Å². The molecule has 0 saturated carbocycles. The zero-order valence-electron chi connectivity index (χ0n) is 19.8. The van der Waals surface area contributed by atoms with Gasteiger partial charge in [-0.15, -0.1) is 0 Å². The predicted molar refractivity (Wildman–Crippen MR) is 130 cm³/mol. The van der Waals surface area contributed by atoms with Gasteiger partial charge in [0.2, 0.25) is 5.91 Å². The molecule has 1 N–H and O–H groups in total. The van der Waals surface area contributed by atoms with Gasteiger partial charge in [-0.1, -0.05) is 38.1 Å². The van der Waals surface area contributed by atoms with Gasteiger partial charge in [-0.2, -0.15) is 0 Å². The summed E-state index contributed by atoms with van der Waals surface area (Å²) in [6.07, 6.45) is 1.38. The SMILES string of the molecule is Cc1ccc(C)c(S(=O)(=O)Nc2ccccc2C(=O)N2CCN(C(=O)CCC(C)C)CC2)c1.